The molecule has 8 heteroatoms. The van der Waals surface area contributed by atoms with Crippen molar-refractivity contribution in [3.05, 3.63) is 64.3 Å². The summed E-state index contributed by atoms with van der Waals surface area (Å²) in [5.74, 6) is -1.79. The van der Waals surface area contributed by atoms with Crippen LogP contribution in [0.3, 0.4) is 0 Å². The fourth-order valence-corrected chi connectivity index (χ4v) is 3.27. The molecule has 0 saturated carbocycles. The second-order valence-electron chi connectivity index (χ2n) is 6.76. The number of benzene rings is 2. The van der Waals surface area contributed by atoms with Crippen LogP contribution in [0.2, 0.25) is 0 Å². The second-order valence-corrected chi connectivity index (χ2v) is 6.76. The van der Waals surface area contributed by atoms with E-state index in [1.165, 1.54) is 23.8 Å². The van der Waals surface area contributed by atoms with Gasteiger partial charge in [-0.05, 0) is 36.8 Å². The summed E-state index contributed by atoms with van der Waals surface area (Å²) in [5.41, 5.74) is 1.46. The normalized spacial score (nSPS) is 10.9. The smallest absolute Gasteiger partial charge is 0.329 e. The first-order valence-electron chi connectivity index (χ1n) is 9.66. The second kappa shape index (κ2) is 9.39. The van der Waals surface area contributed by atoms with Crippen molar-refractivity contribution in [1.82, 2.24) is 9.13 Å². The molecular formula is C22H23FN2O5. The first-order chi connectivity index (χ1) is 14.5. The molecule has 0 saturated heterocycles. The van der Waals surface area contributed by atoms with E-state index in [9.17, 15) is 18.8 Å². The van der Waals surface area contributed by atoms with Gasteiger partial charge in [-0.1, -0.05) is 19.1 Å². The van der Waals surface area contributed by atoms with E-state index in [0.29, 0.717) is 6.54 Å². The molecule has 7 nitrogen and oxygen atoms in total. The largest absolute Gasteiger partial charge is 0.494 e. The third-order valence-corrected chi connectivity index (χ3v) is 4.75. The van der Waals surface area contributed by atoms with Gasteiger partial charge in [-0.2, -0.15) is 0 Å². The number of aryl methyl sites for hydroxylation is 2. The molecule has 2 aromatic carbocycles. The molecule has 0 bridgehead atoms. The molecular weight excluding hydrogens is 391 g/mol. The van der Waals surface area contributed by atoms with Crippen LogP contribution in [0.5, 0.6) is 5.75 Å². The van der Waals surface area contributed by atoms with Crippen LogP contribution in [0.25, 0.3) is 11.0 Å². The van der Waals surface area contributed by atoms with Gasteiger partial charge in [-0.3, -0.25) is 18.7 Å². The summed E-state index contributed by atoms with van der Waals surface area (Å²) in [6.45, 7) is 2.21. The lowest BCUT2D eigenvalue weighted by molar-refractivity contribution is -0.142. The predicted octanol–water partition coefficient (Wildman–Crippen LogP) is 3.18. The zero-order chi connectivity index (χ0) is 21.7. The Hall–Kier alpha value is -3.42. The average molecular weight is 414 g/mol. The van der Waals surface area contributed by atoms with Crippen LogP contribution >= 0.6 is 0 Å². The Morgan fingerprint density at radius 2 is 1.70 bits per heavy atom. The third-order valence-electron chi connectivity index (χ3n) is 4.75. The van der Waals surface area contributed by atoms with Gasteiger partial charge in [-0.15, -0.1) is 0 Å². The monoisotopic (exact) mass is 414 g/mol. The van der Waals surface area contributed by atoms with Gasteiger partial charge in [0.25, 0.3) is 0 Å². The molecule has 0 spiro atoms. The summed E-state index contributed by atoms with van der Waals surface area (Å²) in [6, 6.07) is 11.2. The van der Waals surface area contributed by atoms with Crippen molar-refractivity contribution in [3.63, 3.8) is 0 Å². The molecule has 1 aromatic heterocycles. The molecule has 0 radical (unpaired) electrons. The number of carbonyl (C=O) groups excluding carboxylic acids is 2. The van der Waals surface area contributed by atoms with Crippen molar-refractivity contribution in [1.29, 1.82) is 0 Å². The Bertz CT molecular complexity index is 1130. The zero-order valence-electron chi connectivity index (χ0n) is 16.9. The molecule has 0 unspecified atom stereocenters. The number of rotatable bonds is 9. The van der Waals surface area contributed by atoms with Crippen LogP contribution in [0, 0.1) is 5.82 Å². The van der Waals surface area contributed by atoms with E-state index in [-0.39, 0.29) is 30.0 Å². The minimum Gasteiger partial charge on any atom is -0.494 e. The van der Waals surface area contributed by atoms with E-state index >= 15 is 0 Å². The van der Waals surface area contributed by atoms with Gasteiger partial charge in [-0.25, -0.2) is 9.18 Å². The Labute approximate surface area is 172 Å². The molecule has 0 aliphatic carbocycles. The summed E-state index contributed by atoms with van der Waals surface area (Å²) in [5, 5.41) is 0. The quantitative estimate of drug-likeness (QED) is 0.397. The van der Waals surface area contributed by atoms with Crippen molar-refractivity contribution in [3.8, 4) is 5.75 Å². The number of esters is 1. The molecule has 0 fully saturated rings. The number of fused-ring (bicyclic) bond motifs is 1. The van der Waals surface area contributed by atoms with Gasteiger partial charge in [0.15, 0.2) is 24.0 Å². The Morgan fingerprint density at radius 1 is 1.03 bits per heavy atom. The third kappa shape index (κ3) is 4.42. The summed E-state index contributed by atoms with van der Waals surface area (Å²) in [4.78, 5) is 36.9. The molecule has 1 heterocycles. The first kappa shape index (κ1) is 21.3. The van der Waals surface area contributed by atoms with Crippen molar-refractivity contribution in [2.75, 3.05) is 13.7 Å². The van der Waals surface area contributed by atoms with Crippen LogP contribution in [-0.4, -0.2) is 34.6 Å². The highest BCUT2D eigenvalue weighted by atomic mass is 19.1. The van der Waals surface area contributed by atoms with Crippen molar-refractivity contribution in [2.24, 2.45) is 0 Å². The van der Waals surface area contributed by atoms with E-state index < -0.39 is 24.2 Å². The summed E-state index contributed by atoms with van der Waals surface area (Å²) < 4.78 is 26.8. The molecule has 158 valence electrons. The van der Waals surface area contributed by atoms with Crippen LogP contribution in [0.1, 0.15) is 30.1 Å². The highest BCUT2D eigenvalue weighted by Gasteiger charge is 2.16. The molecule has 3 aromatic rings. The Balaban J connectivity index is 1.63. The fraction of sp³-hybridized carbons (Fsp3) is 0.318. The number of Topliss-reactive ketones (excluding diaryl/α,β-unsaturated/α-hetero) is 1. The summed E-state index contributed by atoms with van der Waals surface area (Å²) >= 11 is 0. The van der Waals surface area contributed by atoms with Gasteiger partial charge < -0.3 is 9.47 Å². The lowest BCUT2D eigenvalue weighted by atomic mass is 10.1. The maximum absolute atomic E-state index is 13.7. The minimum absolute atomic E-state index is 0.0243. The number of hydrogen-bond acceptors (Lipinski definition) is 5. The number of carbonyl (C=O) groups is 2. The van der Waals surface area contributed by atoms with Crippen LogP contribution in [0.15, 0.2) is 47.3 Å². The van der Waals surface area contributed by atoms with Gasteiger partial charge in [0.2, 0.25) is 0 Å². The molecule has 0 aliphatic rings. The number of halogens is 1. The number of ether oxygens (including phenoxy) is 2. The van der Waals surface area contributed by atoms with E-state index in [4.69, 9.17) is 9.47 Å². The zero-order valence-corrected chi connectivity index (χ0v) is 16.9. The van der Waals surface area contributed by atoms with E-state index in [2.05, 4.69) is 0 Å². The average Bonchev–Trinajstić information content (AvgIpc) is 3.02. The summed E-state index contributed by atoms with van der Waals surface area (Å²) in [6.07, 6.45) is 0.744. The molecule has 3 rings (SSSR count). The maximum Gasteiger partial charge on any atom is 0.329 e. The number of para-hydroxylation sites is 2. The van der Waals surface area contributed by atoms with Gasteiger partial charge in [0, 0.05) is 18.7 Å². The topological polar surface area (TPSA) is 79.5 Å². The van der Waals surface area contributed by atoms with E-state index in [1.807, 2.05) is 31.2 Å². The number of methoxy groups -OCH3 is 1. The number of hydrogen-bond donors (Lipinski definition) is 0. The van der Waals surface area contributed by atoms with Gasteiger partial charge >= 0.3 is 11.7 Å². The molecule has 30 heavy (non-hydrogen) atoms. The van der Waals surface area contributed by atoms with Crippen LogP contribution < -0.4 is 10.4 Å². The summed E-state index contributed by atoms with van der Waals surface area (Å²) in [7, 11) is 1.33. The molecule has 0 amide bonds. The Morgan fingerprint density at radius 3 is 2.30 bits per heavy atom. The molecule has 0 atom stereocenters. The SMILES string of the molecule is CCCn1c(=O)n(CCC(=O)OCC(=O)c2ccc(OC)c(F)c2)c2ccccc21. The lowest BCUT2D eigenvalue weighted by Crippen LogP contribution is -2.25. The van der Waals surface area contributed by atoms with Crippen molar-refractivity contribution in [2.45, 2.75) is 32.9 Å². The fourth-order valence-electron chi connectivity index (χ4n) is 3.27. The van der Waals surface area contributed by atoms with Gasteiger partial charge in [0.1, 0.15) is 0 Å². The van der Waals surface area contributed by atoms with Gasteiger partial charge in [0.05, 0.1) is 24.6 Å². The van der Waals surface area contributed by atoms with Crippen molar-refractivity contribution < 1.29 is 23.5 Å². The number of aromatic nitrogens is 2. The van der Waals surface area contributed by atoms with Crippen molar-refractivity contribution >= 4 is 22.8 Å². The standard InChI is InChI=1S/C22H23FN2O5/c1-3-11-24-17-6-4-5-7-18(17)25(22(24)28)12-10-21(27)30-14-19(26)15-8-9-20(29-2)16(23)13-15/h4-9,13H,3,10-12,14H2,1-2H3. The van der Waals surface area contributed by atoms with Crippen LogP contribution in [0.4, 0.5) is 4.39 Å². The predicted molar refractivity (Wildman–Crippen MR) is 109 cm³/mol. The molecule has 0 N–H and O–H groups in total. The van der Waals surface area contributed by atoms with E-state index in [1.54, 1.807) is 4.57 Å². The number of imidazole rings is 1. The number of ketones is 1. The lowest BCUT2D eigenvalue weighted by Gasteiger charge is -2.07. The van der Waals surface area contributed by atoms with E-state index in [0.717, 1.165) is 23.5 Å². The molecule has 0 aliphatic heterocycles. The Kier molecular flexibility index (Phi) is 6.66. The first-order valence-corrected chi connectivity index (χ1v) is 9.66. The highest BCUT2D eigenvalue weighted by Crippen LogP contribution is 2.18. The maximum atomic E-state index is 13.7. The van der Waals surface area contributed by atoms with Crippen LogP contribution in [-0.2, 0) is 22.6 Å². The highest BCUT2D eigenvalue weighted by molar-refractivity contribution is 5.98. The minimum atomic E-state index is -0.669. The number of nitrogens with zero attached hydrogens (tertiary/aromatic N) is 2.